The molecule has 0 saturated carbocycles. The van der Waals surface area contributed by atoms with Crippen molar-refractivity contribution in [2.24, 2.45) is 0 Å². The fraction of sp³-hybridized carbons (Fsp3) is 0.974. The second kappa shape index (κ2) is 30.0. The highest BCUT2D eigenvalue weighted by atomic mass is 28.4. The van der Waals surface area contributed by atoms with Crippen LogP contribution in [0, 0.1) is 0 Å². The Balaban J connectivity index is 4.09. The second-order valence-electron chi connectivity index (χ2n) is 15.1. The molecule has 0 radical (unpaired) electrons. The second-order valence-corrected chi connectivity index (χ2v) is 19.9. The van der Waals surface area contributed by atoms with E-state index in [1.54, 1.807) is 0 Å². The highest BCUT2D eigenvalue weighted by Gasteiger charge is 2.38. The lowest BCUT2D eigenvalue weighted by Gasteiger charge is -2.37. The number of unbranched alkanes of at least 4 members (excludes halogenated alkanes) is 23. The molecule has 0 aliphatic carbocycles. The molecular formula is C39H80O4Si. The van der Waals surface area contributed by atoms with E-state index >= 15 is 0 Å². The number of hydrogen-bond donors (Lipinski definition) is 0. The van der Waals surface area contributed by atoms with Gasteiger partial charge in [-0.1, -0.05) is 182 Å². The van der Waals surface area contributed by atoms with E-state index in [-0.39, 0.29) is 17.1 Å². The predicted octanol–water partition coefficient (Wildman–Crippen LogP) is 13.1. The third kappa shape index (κ3) is 27.9. The summed E-state index contributed by atoms with van der Waals surface area (Å²) in [6.45, 7) is 17.4. The van der Waals surface area contributed by atoms with Gasteiger partial charge in [0.2, 0.25) is 0 Å². The lowest BCUT2D eigenvalue weighted by atomic mass is 10.0. The number of hydrogen-bond acceptors (Lipinski definition) is 4. The Morgan fingerprint density at radius 1 is 0.545 bits per heavy atom. The fourth-order valence-corrected chi connectivity index (χ4v) is 6.46. The number of rotatable bonds is 33. The van der Waals surface area contributed by atoms with E-state index in [2.05, 4.69) is 47.7 Å². The van der Waals surface area contributed by atoms with Crippen molar-refractivity contribution in [3.05, 3.63) is 0 Å². The first-order valence-electron chi connectivity index (χ1n) is 19.5. The highest BCUT2D eigenvalue weighted by Crippen LogP contribution is 2.36. The molecule has 264 valence electrons. The molecule has 0 aromatic carbocycles. The van der Waals surface area contributed by atoms with E-state index in [0.29, 0.717) is 19.6 Å². The van der Waals surface area contributed by atoms with Crippen LogP contribution in [0.25, 0.3) is 0 Å². The Morgan fingerprint density at radius 2 is 0.909 bits per heavy atom. The van der Waals surface area contributed by atoms with Gasteiger partial charge in [0.1, 0.15) is 6.10 Å². The van der Waals surface area contributed by atoms with E-state index in [1.807, 2.05) is 0 Å². The van der Waals surface area contributed by atoms with Gasteiger partial charge < -0.3 is 13.9 Å². The summed E-state index contributed by atoms with van der Waals surface area (Å²) in [5.74, 6) is -0.0927. The largest absolute Gasteiger partial charge is 0.457 e. The molecule has 0 amide bonds. The monoisotopic (exact) mass is 641 g/mol. The number of ether oxygens (including phenoxy) is 2. The van der Waals surface area contributed by atoms with Crippen LogP contribution in [0.2, 0.25) is 18.1 Å². The van der Waals surface area contributed by atoms with E-state index in [9.17, 15) is 4.79 Å². The van der Waals surface area contributed by atoms with Gasteiger partial charge in [0.05, 0.1) is 13.2 Å². The zero-order valence-corrected chi connectivity index (χ0v) is 32.2. The molecule has 5 heteroatoms. The van der Waals surface area contributed by atoms with Crippen LogP contribution in [0.4, 0.5) is 0 Å². The van der Waals surface area contributed by atoms with Gasteiger partial charge in [-0.2, -0.15) is 0 Å². The van der Waals surface area contributed by atoms with Crippen molar-refractivity contribution in [1.29, 1.82) is 0 Å². The molecule has 0 aromatic rings. The van der Waals surface area contributed by atoms with Crippen LogP contribution in [0.5, 0.6) is 0 Å². The van der Waals surface area contributed by atoms with Gasteiger partial charge in [-0.25, -0.2) is 0 Å². The third-order valence-electron chi connectivity index (χ3n) is 9.66. The molecule has 1 atom stereocenters. The van der Waals surface area contributed by atoms with Crippen LogP contribution in [-0.2, 0) is 18.7 Å². The molecule has 0 fully saturated rings. The number of carbonyl (C=O) groups is 1. The molecule has 0 N–H and O–H groups in total. The number of carbonyl (C=O) groups excluding carboxylic acids is 1. The van der Waals surface area contributed by atoms with Crippen LogP contribution in [0.15, 0.2) is 0 Å². The van der Waals surface area contributed by atoms with Crippen molar-refractivity contribution in [2.75, 3.05) is 19.8 Å². The van der Waals surface area contributed by atoms with Gasteiger partial charge in [-0.3, -0.25) is 4.79 Å². The van der Waals surface area contributed by atoms with Crippen molar-refractivity contribution in [3.63, 3.8) is 0 Å². The van der Waals surface area contributed by atoms with Crippen molar-refractivity contribution in [1.82, 2.24) is 0 Å². The summed E-state index contributed by atoms with van der Waals surface area (Å²) in [6, 6.07) is 0. The molecule has 0 bridgehead atoms. The predicted molar refractivity (Wildman–Crippen MR) is 195 cm³/mol. The minimum absolute atomic E-state index is 0.0927. The van der Waals surface area contributed by atoms with Crippen molar-refractivity contribution >= 4 is 14.3 Å². The molecule has 1 unspecified atom stereocenters. The molecule has 0 aromatic heterocycles. The lowest BCUT2D eigenvalue weighted by molar-refractivity contribution is -0.154. The molecule has 4 nitrogen and oxygen atoms in total. The average molecular weight is 641 g/mol. The fourth-order valence-electron chi connectivity index (χ4n) is 5.43. The molecule has 0 spiro atoms. The van der Waals surface area contributed by atoms with Gasteiger partial charge in [0, 0.05) is 13.0 Å². The van der Waals surface area contributed by atoms with Crippen LogP contribution < -0.4 is 0 Å². The van der Waals surface area contributed by atoms with Crippen LogP contribution >= 0.6 is 0 Å². The maximum atomic E-state index is 12.7. The van der Waals surface area contributed by atoms with E-state index in [0.717, 1.165) is 25.9 Å². The quantitative estimate of drug-likeness (QED) is 0.0407. The summed E-state index contributed by atoms with van der Waals surface area (Å²) in [6.07, 6.45) is 33.3. The zero-order valence-electron chi connectivity index (χ0n) is 31.2. The normalized spacial score (nSPS) is 13.0. The molecule has 0 heterocycles. The lowest BCUT2D eigenvalue weighted by Crippen LogP contribution is -2.44. The maximum absolute atomic E-state index is 12.7. The SMILES string of the molecule is CCCCCCCCCCCCCCCCOCC(CO[Si](C)(C)C(C)(C)C)OC(=O)CCCCCCCCCCCCC. The van der Waals surface area contributed by atoms with Gasteiger partial charge in [0.25, 0.3) is 0 Å². The minimum atomic E-state index is -1.91. The Kier molecular flexibility index (Phi) is 29.7. The standard InChI is InChI=1S/C39H80O4Si/c1-8-10-12-14-16-18-20-21-22-24-26-28-30-32-34-41-35-37(36-42-44(6,7)39(3,4)5)43-38(40)33-31-29-27-25-23-19-17-15-13-11-9-2/h37H,8-36H2,1-7H3. The van der Waals surface area contributed by atoms with Gasteiger partial charge in [0.15, 0.2) is 8.32 Å². The van der Waals surface area contributed by atoms with Gasteiger partial charge >= 0.3 is 5.97 Å². The third-order valence-corrected chi connectivity index (χ3v) is 14.2. The topological polar surface area (TPSA) is 44.8 Å². The molecule has 0 aliphatic rings. The molecule has 44 heavy (non-hydrogen) atoms. The van der Waals surface area contributed by atoms with Crippen molar-refractivity contribution in [3.8, 4) is 0 Å². The first-order valence-corrected chi connectivity index (χ1v) is 22.5. The first kappa shape index (κ1) is 43.6. The Bertz CT molecular complexity index is 616. The van der Waals surface area contributed by atoms with Crippen LogP contribution in [-0.4, -0.2) is 40.2 Å². The summed E-state index contributed by atoms with van der Waals surface area (Å²) in [7, 11) is -1.91. The molecule has 0 rings (SSSR count). The summed E-state index contributed by atoms with van der Waals surface area (Å²) < 4.78 is 18.4. The van der Waals surface area contributed by atoms with Crippen LogP contribution in [0.1, 0.15) is 202 Å². The molecule has 0 aliphatic heterocycles. The Morgan fingerprint density at radius 3 is 1.30 bits per heavy atom. The zero-order chi connectivity index (χ0) is 32.8. The molecular weight excluding hydrogens is 561 g/mol. The van der Waals surface area contributed by atoms with E-state index in [1.165, 1.54) is 141 Å². The first-order chi connectivity index (χ1) is 21.1. The summed E-state index contributed by atoms with van der Waals surface area (Å²) in [5.41, 5.74) is 0. The smallest absolute Gasteiger partial charge is 0.306 e. The molecule has 0 saturated heterocycles. The average Bonchev–Trinajstić information content (AvgIpc) is 2.97. The number of esters is 1. The summed E-state index contributed by atoms with van der Waals surface area (Å²) in [4.78, 5) is 12.7. The van der Waals surface area contributed by atoms with E-state index in [4.69, 9.17) is 13.9 Å². The summed E-state index contributed by atoms with van der Waals surface area (Å²) in [5, 5.41) is 0.131. The highest BCUT2D eigenvalue weighted by molar-refractivity contribution is 6.74. The van der Waals surface area contributed by atoms with Crippen LogP contribution in [0.3, 0.4) is 0 Å². The maximum Gasteiger partial charge on any atom is 0.306 e. The van der Waals surface area contributed by atoms with Gasteiger partial charge in [-0.05, 0) is 31.0 Å². The minimum Gasteiger partial charge on any atom is -0.457 e. The van der Waals surface area contributed by atoms with Crippen molar-refractivity contribution < 1.29 is 18.7 Å². The van der Waals surface area contributed by atoms with E-state index < -0.39 is 8.32 Å². The van der Waals surface area contributed by atoms with Gasteiger partial charge in [-0.15, -0.1) is 0 Å². The Labute approximate surface area is 278 Å². The Hall–Kier alpha value is -0.393. The van der Waals surface area contributed by atoms with Crippen molar-refractivity contribution in [2.45, 2.75) is 226 Å². The summed E-state index contributed by atoms with van der Waals surface area (Å²) >= 11 is 0.